The second-order valence-electron chi connectivity index (χ2n) is 6.44. The van der Waals surface area contributed by atoms with Crippen LogP contribution in [0.25, 0.3) is 0 Å². The van der Waals surface area contributed by atoms with Gasteiger partial charge in [0.2, 0.25) is 0 Å². The highest BCUT2D eigenvalue weighted by molar-refractivity contribution is 7.99. The molecule has 0 aliphatic carbocycles. The van der Waals surface area contributed by atoms with Gasteiger partial charge in [-0.1, -0.05) is 24.3 Å². The van der Waals surface area contributed by atoms with E-state index in [1.165, 1.54) is 28.6 Å². The highest BCUT2D eigenvalue weighted by Gasteiger charge is 2.24. The summed E-state index contributed by atoms with van der Waals surface area (Å²) in [4.78, 5) is 18.1. The van der Waals surface area contributed by atoms with Crippen molar-refractivity contribution in [2.24, 2.45) is 0 Å². The Morgan fingerprint density at radius 2 is 1.81 bits per heavy atom. The third-order valence-electron chi connectivity index (χ3n) is 4.89. The zero-order valence-corrected chi connectivity index (χ0v) is 16.1. The van der Waals surface area contributed by atoms with Crippen LogP contribution in [0.1, 0.15) is 21.5 Å². The first-order valence-electron chi connectivity index (χ1n) is 8.81. The Balaban J connectivity index is 1.70. The lowest BCUT2D eigenvalue weighted by Gasteiger charge is -2.37. The van der Waals surface area contributed by atoms with Gasteiger partial charge in [0.15, 0.2) is 0 Å². The van der Waals surface area contributed by atoms with Gasteiger partial charge in [0, 0.05) is 36.8 Å². The topological polar surface area (TPSA) is 47.3 Å². The van der Waals surface area contributed by atoms with Crippen LogP contribution in [0.3, 0.4) is 0 Å². The summed E-state index contributed by atoms with van der Waals surface area (Å²) in [5.41, 5.74) is 4.57. The van der Waals surface area contributed by atoms with Gasteiger partial charge < -0.3 is 9.80 Å². The quantitative estimate of drug-likeness (QED) is 0.772. The number of carbonyl (C=O) groups excluding carboxylic acids is 1. The summed E-state index contributed by atoms with van der Waals surface area (Å²) in [7, 11) is 0. The van der Waals surface area contributed by atoms with E-state index in [2.05, 4.69) is 43.0 Å². The number of thioether (sulfide) groups is 1. The molecule has 3 rings (SSSR count). The number of amides is 1. The number of nitrogens with zero attached hydrogens (tertiary/aromatic N) is 3. The molecule has 5 heteroatoms. The second-order valence-corrected chi connectivity index (χ2v) is 7.46. The minimum absolute atomic E-state index is 0.0617. The Labute approximate surface area is 159 Å². The Morgan fingerprint density at radius 3 is 2.54 bits per heavy atom. The molecule has 134 valence electrons. The molecule has 26 heavy (non-hydrogen) atoms. The molecule has 1 fully saturated rings. The average molecular weight is 366 g/mol. The Kier molecular flexibility index (Phi) is 5.85. The van der Waals surface area contributed by atoms with Crippen LogP contribution in [0, 0.1) is 25.2 Å². The van der Waals surface area contributed by atoms with E-state index < -0.39 is 0 Å². The van der Waals surface area contributed by atoms with Gasteiger partial charge in [-0.15, -0.1) is 11.8 Å². The lowest BCUT2D eigenvalue weighted by atomic mass is 10.1. The highest BCUT2D eigenvalue weighted by Crippen LogP contribution is 2.26. The molecule has 0 atom stereocenters. The van der Waals surface area contributed by atoms with Gasteiger partial charge in [0.05, 0.1) is 17.4 Å². The van der Waals surface area contributed by atoms with Gasteiger partial charge in [-0.3, -0.25) is 4.79 Å². The van der Waals surface area contributed by atoms with Crippen molar-refractivity contribution in [3.05, 3.63) is 59.2 Å². The number of rotatable bonds is 4. The molecule has 0 aromatic heterocycles. The number of hydrogen-bond acceptors (Lipinski definition) is 4. The predicted molar refractivity (Wildman–Crippen MR) is 107 cm³/mol. The fourth-order valence-electron chi connectivity index (χ4n) is 3.28. The summed E-state index contributed by atoms with van der Waals surface area (Å²) in [6.07, 6.45) is 0. The van der Waals surface area contributed by atoms with Crippen molar-refractivity contribution in [1.29, 1.82) is 5.26 Å². The summed E-state index contributed by atoms with van der Waals surface area (Å²) >= 11 is 1.42. The fourth-order valence-corrected chi connectivity index (χ4v) is 3.98. The summed E-state index contributed by atoms with van der Waals surface area (Å²) in [6, 6.07) is 16.1. The molecule has 1 amide bonds. The third kappa shape index (κ3) is 3.86. The number of nitriles is 1. The maximum atomic E-state index is 13.0. The van der Waals surface area contributed by atoms with E-state index in [1.807, 2.05) is 29.2 Å². The zero-order valence-electron chi connectivity index (χ0n) is 15.2. The molecule has 0 spiro atoms. The van der Waals surface area contributed by atoms with Gasteiger partial charge in [0.25, 0.3) is 5.91 Å². The number of hydrogen-bond donors (Lipinski definition) is 0. The maximum Gasteiger partial charge on any atom is 0.255 e. The molecule has 0 N–H and O–H groups in total. The van der Waals surface area contributed by atoms with Gasteiger partial charge in [-0.2, -0.15) is 5.26 Å². The molecule has 0 saturated carbocycles. The number of aryl methyl sites for hydroxylation is 1. The van der Waals surface area contributed by atoms with Crippen molar-refractivity contribution in [3.8, 4) is 6.07 Å². The molecule has 1 heterocycles. The summed E-state index contributed by atoms with van der Waals surface area (Å²) in [6.45, 7) is 7.39. The van der Waals surface area contributed by atoms with Gasteiger partial charge in [0.1, 0.15) is 0 Å². The van der Waals surface area contributed by atoms with Crippen molar-refractivity contribution in [3.63, 3.8) is 0 Å². The molecule has 0 bridgehead atoms. The van der Waals surface area contributed by atoms with Gasteiger partial charge in [-0.25, -0.2) is 0 Å². The largest absolute Gasteiger partial charge is 0.368 e. The number of carbonyl (C=O) groups is 1. The first-order valence-corrected chi connectivity index (χ1v) is 9.79. The molecule has 0 radical (unpaired) electrons. The molecular weight excluding hydrogens is 342 g/mol. The van der Waals surface area contributed by atoms with Crippen molar-refractivity contribution in [2.75, 3.05) is 36.8 Å². The lowest BCUT2D eigenvalue weighted by Crippen LogP contribution is -2.49. The van der Waals surface area contributed by atoms with Crippen LogP contribution in [0.2, 0.25) is 0 Å². The molecule has 4 nitrogen and oxygen atoms in total. The number of anilines is 1. The SMILES string of the molecule is Cc1cccc(N2CCN(C(=O)c3ccccc3SCC#N)CC2)c1C. The van der Waals surface area contributed by atoms with Crippen LogP contribution in [-0.4, -0.2) is 42.7 Å². The van der Waals surface area contributed by atoms with Crippen molar-refractivity contribution < 1.29 is 4.79 Å². The molecule has 2 aromatic rings. The van der Waals surface area contributed by atoms with Crippen LogP contribution in [0.4, 0.5) is 5.69 Å². The first kappa shape index (κ1) is 18.3. The molecule has 1 aliphatic rings. The van der Waals surface area contributed by atoms with Crippen LogP contribution < -0.4 is 4.90 Å². The van der Waals surface area contributed by atoms with Crippen molar-refractivity contribution >= 4 is 23.4 Å². The normalized spacial score (nSPS) is 14.2. The minimum atomic E-state index is 0.0617. The van der Waals surface area contributed by atoms with E-state index in [4.69, 9.17) is 5.26 Å². The summed E-state index contributed by atoms with van der Waals surface area (Å²) < 4.78 is 0. The molecule has 2 aromatic carbocycles. The van der Waals surface area contributed by atoms with Gasteiger partial charge >= 0.3 is 0 Å². The standard InChI is InChI=1S/C21H23N3OS/c1-16-6-5-8-19(17(16)2)23-11-13-24(14-12-23)21(25)18-7-3-4-9-20(18)26-15-10-22/h3-9H,11-15H2,1-2H3. The molecular formula is C21H23N3OS. The van der Waals surface area contributed by atoms with E-state index in [0.29, 0.717) is 24.4 Å². The monoisotopic (exact) mass is 365 g/mol. The van der Waals surface area contributed by atoms with Crippen LogP contribution in [0.5, 0.6) is 0 Å². The Hall–Kier alpha value is -2.45. The lowest BCUT2D eigenvalue weighted by molar-refractivity contribution is 0.0743. The van der Waals surface area contributed by atoms with E-state index in [9.17, 15) is 4.79 Å². The third-order valence-corrected chi connectivity index (χ3v) is 5.83. The number of piperazine rings is 1. The molecule has 0 unspecified atom stereocenters. The predicted octanol–water partition coefficient (Wildman–Crippen LogP) is 3.88. The first-order chi connectivity index (χ1) is 12.6. The van der Waals surface area contributed by atoms with Crippen molar-refractivity contribution in [1.82, 2.24) is 4.90 Å². The van der Waals surface area contributed by atoms with E-state index in [1.54, 1.807) is 0 Å². The Morgan fingerprint density at radius 1 is 1.08 bits per heavy atom. The van der Waals surface area contributed by atoms with E-state index in [0.717, 1.165) is 18.0 Å². The van der Waals surface area contributed by atoms with E-state index in [-0.39, 0.29) is 5.91 Å². The number of benzene rings is 2. The highest BCUT2D eigenvalue weighted by atomic mass is 32.2. The second kappa shape index (κ2) is 8.29. The van der Waals surface area contributed by atoms with Crippen LogP contribution >= 0.6 is 11.8 Å². The fraction of sp³-hybridized carbons (Fsp3) is 0.333. The van der Waals surface area contributed by atoms with Crippen molar-refractivity contribution in [2.45, 2.75) is 18.7 Å². The average Bonchev–Trinajstić information content (AvgIpc) is 2.68. The molecule has 1 aliphatic heterocycles. The maximum absolute atomic E-state index is 13.0. The van der Waals surface area contributed by atoms with Gasteiger partial charge in [-0.05, 0) is 43.2 Å². The summed E-state index contributed by atoms with van der Waals surface area (Å²) in [5.74, 6) is 0.414. The minimum Gasteiger partial charge on any atom is -0.368 e. The van der Waals surface area contributed by atoms with Crippen LogP contribution in [-0.2, 0) is 0 Å². The van der Waals surface area contributed by atoms with Crippen LogP contribution in [0.15, 0.2) is 47.4 Å². The Bertz CT molecular complexity index is 835. The van der Waals surface area contributed by atoms with E-state index >= 15 is 0 Å². The summed E-state index contributed by atoms with van der Waals surface area (Å²) in [5, 5.41) is 8.81. The zero-order chi connectivity index (χ0) is 18.5. The molecule has 1 saturated heterocycles. The smallest absolute Gasteiger partial charge is 0.255 e.